The Morgan fingerprint density at radius 1 is 1.56 bits per heavy atom. The second kappa shape index (κ2) is 4.76. The number of sulfonamides is 1. The third-order valence-electron chi connectivity index (χ3n) is 2.92. The van der Waals surface area contributed by atoms with E-state index in [1.165, 1.54) is 17.8 Å². The maximum atomic E-state index is 12.0. The van der Waals surface area contributed by atoms with Crippen molar-refractivity contribution in [2.75, 3.05) is 6.54 Å². The predicted octanol–water partition coefficient (Wildman–Crippen LogP) is 2.90. The average molecular weight is 324 g/mol. The lowest BCUT2D eigenvalue weighted by molar-refractivity contribution is 0.316. The minimum absolute atomic E-state index is 0.406. The zero-order chi connectivity index (χ0) is 11.8. The van der Waals surface area contributed by atoms with Crippen LogP contribution in [0.2, 0.25) is 0 Å². The molecule has 0 aromatic carbocycles. The first-order valence-electron chi connectivity index (χ1n) is 5.24. The molecule has 0 atom stereocenters. The van der Waals surface area contributed by atoms with Crippen LogP contribution in [-0.2, 0) is 10.0 Å². The first kappa shape index (κ1) is 12.5. The van der Waals surface area contributed by atoms with Gasteiger partial charge in [-0.3, -0.25) is 0 Å². The van der Waals surface area contributed by atoms with E-state index in [9.17, 15) is 8.42 Å². The van der Waals surface area contributed by atoms with Gasteiger partial charge in [0.2, 0.25) is 10.0 Å². The quantitative estimate of drug-likeness (QED) is 0.926. The standard InChI is InChI=1S/C10H14BrNO2S2/c1-7-9(5-10(11)15-7)16(13,14)12-6-8-3-2-4-8/h5,8,12H,2-4,6H2,1H3. The van der Waals surface area contributed by atoms with Gasteiger partial charge in [-0.05, 0) is 47.7 Å². The van der Waals surface area contributed by atoms with Crippen molar-refractivity contribution in [2.45, 2.75) is 31.1 Å². The zero-order valence-corrected chi connectivity index (χ0v) is 12.2. The Hall–Kier alpha value is 0.0900. The summed E-state index contributed by atoms with van der Waals surface area (Å²) in [5.74, 6) is 0.539. The fourth-order valence-electron chi connectivity index (χ4n) is 1.70. The molecule has 0 unspecified atom stereocenters. The van der Waals surface area contributed by atoms with Crippen molar-refractivity contribution >= 4 is 37.3 Å². The molecule has 1 aromatic heterocycles. The van der Waals surface area contributed by atoms with Gasteiger partial charge in [0, 0.05) is 11.4 Å². The number of rotatable bonds is 4. The summed E-state index contributed by atoms with van der Waals surface area (Å²) in [5, 5.41) is 0. The van der Waals surface area contributed by atoms with Crippen LogP contribution in [-0.4, -0.2) is 15.0 Å². The van der Waals surface area contributed by atoms with Crippen LogP contribution in [0.3, 0.4) is 0 Å². The lowest BCUT2D eigenvalue weighted by Crippen LogP contribution is -2.32. The van der Waals surface area contributed by atoms with Crippen LogP contribution < -0.4 is 4.72 Å². The van der Waals surface area contributed by atoms with Crippen molar-refractivity contribution in [3.8, 4) is 0 Å². The normalized spacial score (nSPS) is 17.4. The number of nitrogens with one attached hydrogen (secondary N) is 1. The van der Waals surface area contributed by atoms with E-state index in [4.69, 9.17) is 0 Å². The van der Waals surface area contributed by atoms with Gasteiger partial charge < -0.3 is 0 Å². The minimum atomic E-state index is -3.31. The molecule has 16 heavy (non-hydrogen) atoms. The molecule has 2 rings (SSSR count). The molecule has 6 heteroatoms. The Morgan fingerprint density at radius 3 is 2.69 bits per heavy atom. The van der Waals surface area contributed by atoms with Crippen LogP contribution >= 0.6 is 27.3 Å². The van der Waals surface area contributed by atoms with E-state index in [0.717, 1.165) is 21.5 Å². The van der Waals surface area contributed by atoms with Crippen LogP contribution in [0, 0.1) is 12.8 Å². The largest absolute Gasteiger partial charge is 0.241 e. The van der Waals surface area contributed by atoms with E-state index >= 15 is 0 Å². The third kappa shape index (κ3) is 2.67. The van der Waals surface area contributed by atoms with Gasteiger partial charge in [-0.15, -0.1) is 11.3 Å². The Bertz CT molecular complexity index is 477. The smallest absolute Gasteiger partial charge is 0.211 e. The van der Waals surface area contributed by atoms with Gasteiger partial charge in [-0.1, -0.05) is 6.42 Å². The molecule has 0 bridgehead atoms. The molecule has 0 spiro atoms. The summed E-state index contributed by atoms with van der Waals surface area (Å²) in [6.07, 6.45) is 3.53. The lowest BCUT2D eigenvalue weighted by atomic mass is 9.86. The van der Waals surface area contributed by atoms with Gasteiger partial charge in [0.1, 0.15) is 0 Å². The highest BCUT2D eigenvalue weighted by molar-refractivity contribution is 9.11. The first-order chi connectivity index (χ1) is 7.49. The van der Waals surface area contributed by atoms with Crippen molar-refractivity contribution < 1.29 is 8.42 Å². The van der Waals surface area contributed by atoms with Crippen LogP contribution in [0.5, 0.6) is 0 Å². The fourth-order valence-corrected chi connectivity index (χ4v) is 5.23. The van der Waals surface area contributed by atoms with E-state index in [1.54, 1.807) is 6.07 Å². The molecule has 0 radical (unpaired) electrons. The van der Waals surface area contributed by atoms with Crippen LogP contribution in [0.25, 0.3) is 0 Å². The highest BCUT2D eigenvalue weighted by Gasteiger charge is 2.23. The van der Waals surface area contributed by atoms with Crippen molar-refractivity contribution in [1.82, 2.24) is 4.72 Å². The molecule has 1 aliphatic carbocycles. The summed E-state index contributed by atoms with van der Waals surface area (Å²) < 4.78 is 27.5. The SMILES string of the molecule is Cc1sc(Br)cc1S(=O)(=O)NCC1CCC1. The second-order valence-corrected chi connectivity index (χ2v) is 8.49. The third-order valence-corrected chi connectivity index (χ3v) is 6.15. The first-order valence-corrected chi connectivity index (χ1v) is 8.34. The molecule has 0 amide bonds. The highest BCUT2D eigenvalue weighted by Crippen LogP contribution is 2.30. The average Bonchev–Trinajstić information content (AvgIpc) is 2.43. The van der Waals surface area contributed by atoms with Crippen LogP contribution in [0.4, 0.5) is 0 Å². The monoisotopic (exact) mass is 323 g/mol. The fraction of sp³-hybridized carbons (Fsp3) is 0.600. The molecular formula is C10H14BrNO2S2. The van der Waals surface area contributed by atoms with Gasteiger partial charge in [-0.25, -0.2) is 13.1 Å². The van der Waals surface area contributed by atoms with Crippen LogP contribution in [0.15, 0.2) is 14.7 Å². The van der Waals surface area contributed by atoms with E-state index in [1.807, 2.05) is 6.92 Å². The Kier molecular flexibility index (Phi) is 3.73. The maximum Gasteiger partial charge on any atom is 0.241 e. The summed E-state index contributed by atoms with van der Waals surface area (Å²) in [7, 11) is -3.31. The number of hydrogen-bond acceptors (Lipinski definition) is 3. The van der Waals surface area contributed by atoms with Gasteiger partial charge in [-0.2, -0.15) is 0 Å². The van der Waals surface area contributed by atoms with Gasteiger partial charge in [0.15, 0.2) is 0 Å². The summed E-state index contributed by atoms with van der Waals surface area (Å²) in [6.45, 7) is 2.41. The van der Waals surface area contributed by atoms with Gasteiger partial charge in [0.25, 0.3) is 0 Å². The second-order valence-electron chi connectivity index (χ2n) is 4.12. The Morgan fingerprint density at radius 2 is 2.25 bits per heavy atom. The minimum Gasteiger partial charge on any atom is -0.211 e. The molecule has 1 fully saturated rings. The van der Waals surface area contributed by atoms with Crippen molar-refractivity contribution in [2.24, 2.45) is 5.92 Å². The van der Waals surface area contributed by atoms with Gasteiger partial charge >= 0.3 is 0 Å². The summed E-state index contributed by atoms with van der Waals surface area (Å²) in [6, 6.07) is 1.67. The van der Waals surface area contributed by atoms with Crippen molar-refractivity contribution in [1.29, 1.82) is 0 Å². The van der Waals surface area contributed by atoms with E-state index < -0.39 is 10.0 Å². The number of halogens is 1. The van der Waals surface area contributed by atoms with E-state index in [2.05, 4.69) is 20.7 Å². The molecule has 1 aliphatic rings. The zero-order valence-electron chi connectivity index (χ0n) is 8.99. The van der Waals surface area contributed by atoms with E-state index in [0.29, 0.717) is 17.4 Å². The molecule has 90 valence electrons. The summed E-state index contributed by atoms with van der Waals surface area (Å²) in [5.41, 5.74) is 0. The Labute approximate surface area is 108 Å². The van der Waals surface area contributed by atoms with Crippen molar-refractivity contribution in [3.63, 3.8) is 0 Å². The number of aryl methyl sites for hydroxylation is 1. The maximum absolute atomic E-state index is 12.0. The number of thiophene rings is 1. The van der Waals surface area contributed by atoms with Crippen molar-refractivity contribution in [3.05, 3.63) is 14.7 Å². The molecule has 1 N–H and O–H groups in total. The van der Waals surface area contributed by atoms with Crippen LogP contribution in [0.1, 0.15) is 24.1 Å². The Balaban J connectivity index is 2.08. The molecule has 3 nitrogen and oxygen atoms in total. The molecule has 0 aliphatic heterocycles. The molecule has 1 heterocycles. The number of hydrogen-bond donors (Lipinski definition) is 1. The molecule has 1 saturated carbocycles. The summed E-state index contributed by atoms with van der Waals surface area (Å²) in [4.78, 5) is 1.23. The molecular weight excluding hydrogens is 310 g/mol. The predicted molar refractivity (Wildman–Crippen MR) is 69.3 cm³/mol. The summed E-state index contributed by atoms with van der Waals surface area (Å²) >= 11 is 4.75. The molecule has 0 saturated heterocycles. The highest BCUT2D eigenvalue weighted by atomic mass is 79.9. The van der Waals surface area contributed by atoms with E-state index in [-0.39, 0.29) is 0 Å². The topological polar surface area (TPSA) is 46.2 Å². The lowest BCUT2D eigenvalue weighted by Gasteiger charge is -2.25. The van der Waals surface area contributed by atoms with Gasteiger partial charge in [0.05, 0.1) is 8.68 Å². The molecule has 1 aromatic rings.